The fraction of sp³-hybridized carbons (Fsp3) is 0.250. The van der Waals surface area contributed by atoms with Gasteiger partial charge in [0.25, 0.3) is 5.91 Å². The lowest BCUT2D eigenvalue weighted by molar-refractivity contribution is -0.126. The molecule has 1 saturated heterocycles. The van der Waals surface area contributed by atoms with Gasteiger partial charge in [-0.2, -0.15) is 5.26 Å². The number of rotatable bonds is 7. The van der Waals surface area contributed by atoms with Crippen molar-refractivity contribution in [2.24, 2.45) is 5.73 Å². The van der Waals surface area contributed by atoms with Gasteiger partial charge in [-0.3, -0.25) is 4.79 Å². The van der Waals surface area contributed by atoms with Crippen molar-refractivity contribution in [3.05, 3.63) is 65.7 Å². The largest absolute Gasteiger partial charge is 0.458 e. The first-order valence-corrected chi connectivity index (χ1v) is 8.59. The van der Waals surface area contributed by atoms with Gasteiger partial charge in [0.15, 0.2) is 0 Å². The summed E-state index contributed by atoms with van der Waals surface area (Å²) >= 11 is 0. The molecule has 1 aliphatic rings. The number of benzene rings is 1. The average Bonchev–Trinajstić information content (AvgIpc) is 2.96. The Bertz CT molecular complexity index is 864. The van der Waals surface area contributed by atoms with Gasteiger partial charge < -0.3 is 15.8 Å². The summed E-state index contributed by atoms with van der Waals surface area (Å²) in [5.74, 6) is 0.482. The third-order valence-corrected chi connectivity index (χ3v) is 4.12. The first-order valence-electron chi connectivity index (χ1n) is 8.59. The number of aryl methyl sites for hydroxylation is 1. The lowest BCUT2D eigenvalue weighted by Crippen LogP contribution is -2.30. The van der Waals surface area contributed by atoms with Crippen molar-refractivity contribution in [2.75, 3.05) is 0 Å². The highest BCUT2D eigenvalue weighted by Gasteiger charge is 2.38. The van der Waals surface area contributed by atoms with Crippen LogP contribution in [-0.2, 0) is 11.2 Å². The van der Waals surface area contributed by atoms with E-state index in [1.165, 1.54) is 18.4 Å². The van der Waals surface area contributed by atoms with Crippen molar-refractivity contribution < 1.29 is 14.3 Å². The minimum atomic E-state index is -0.550. The van der Waals surface area contributed by atoms with Crippen LogP contribution in [-0.4, -0.2) is 22.9 Å². The van der Waals surface area contributed by atoms with Crippen molar-refractivity contribution in [3.8, 4) is 11.8 Å². The second kappa shape index (κ2) is 8.72. The molecular formula is C20H22N4O3. The Morgan fingerprint density at radius 1 is 1.41 bits per heavy atom. The van der Waals surface area contributed by atoms with E-state index in [-0.39, 0.29) is 11.6 Å². The molecule has 0 spiro atoms. The predicted molar refractivity (Wildman–Crippen MR) is 101 cm³/mol. The van der Waals surface area contributed by atoms with Crippen molar-refractivity contribution >= 4 is 11.9 Å². The predicted octanol–water partition coefficient (Wildman–Crippen LogP) is 2.70. The highest BCUT2D eigenvalue weighted by molar-refractivity contribution is 6.06. The maximum absolute atomic E-state index is 12.2. The van der Waals surface area contributed by atoms with Gasteiger partial charge in [-0.15, -0.1) is 0 Å². The molecule has 27 heavy (non-hydrogen) atoms. The molecule has 0 bridgehead atoms. The smallest absolute Gasteiger partial charge is 0.329 e. The Morgan fingerprint density at radius 3 is 2.70 bits per heavy atom. The number of nitrogens with one attached hydrogen (secondary N) is 1. The van der Waals surface area contributed by atoms with Crippen molar-refractivity contribution in [1.82, 2.24) is 10.2 Å². The highest BCUT2D eigenvalue weighted by atomic mass is 16.5. The molecule has 1 aromatic carbocycles. The summed E-state index contributed by atoms with van der Waals surface area (Å²) in [4.78, 5) is 25.2. The number of allylic oxidation sites excluding steroid dienone is 2. The van der Waals surface area contributed by atoms with Gasteiger partial charge in [0.05, 0.1) is 17.3 Å². The topological polar surface area (TPSA) is 108 Å². The van der Waals surface area contributed by atoms with Crippen LogP contribution < -0.4 is 15.8 Å². The molecular weight excluding hydrogens is 344 g/mol. The maximum atomic E-state index is 12.2. The number of imide groups is 1. The van der Waals surface area contributed by atoms with Gasteiger partial charge in [-0.05, 0) is 48.8 Å². The second-order valence-electron chi connectivity index (χ2n) is 5.86. The molecule has 1 atom stereocenters. The molecule has 3 amide bonds. The molecule has 1 fully saturated rings. The molecule has 0 aromatic heterocycles. The summed E-state index contributed by atoms with van der Waals surface area (Å²) in [7, 11) is 0. The summed E-state index contributed by atoms with van der Waals surface area (Å²) in [5.41, 5.74) is 7.29. The lowest BCUT2D eigenvalue weighted by atomic mass is 10.1. The summed E-state index contributed by atoms with van der Waals surface area (Å²) in [6, 6.07) is 6.22. The zero-order valence-corrected chi connectivity index (χ0v) is 15.4. The third kappa shape index (κ3) is 4.36. The van der Waals surface area contributed by atoms with E-state index in [1.54, 1.807) is 18.2 Å². The van der Waals surface area contributed by atoms with E-state index in [9.17, 15) is 9.59 Å². The number of nitrogens with two attached hydrogens (primary N) is 1. The van der Waals surface area contributed by atoms with Crippen LogP contribution in [0.4, 0.5) is 4.79 Å². The summed E-state index contributed by atoms with van der Waals surface area (Å²) in [6.45, 7) is 7.57. The number of ether oxygens (including phenoxy) is 1. The molecule has 1 heterocycles. The van der Waals surface area contributed by atoms with Gasteiger partial charge in [-0.1, -0.05) is 20.4 Å². The van der Waals surface area contributed by atoms with Crippen LogP contribution in [0.15, 0.2) is 54.6 Å². The number of carbonyl (C=O) groups excluding carboxylic acids is 2. The van der Waals surface area contributed by atoms with Crippen LogP contribution >= 0.6 is 0 Å². The molecule has 7 heteroatoms. The minimum absolute atomic E-state index is 0.229. The second-order valence-corrected chi connectivity index (χ2v) is 5.86. The fourth-order valence-electron chi connectivity index (χ4n) is 2.66. The minimum Gasteiger partial charge on any atom is -0.458 e. The molecule has 1 aromatic rings. The first-order chi connectivity index (χ1) is 12.9. The number of nitriles is 1. The molecule has 7 nitrogen and oxygen atoms in total. The lowest BCUT2D eigenvalue weighted by Gasteiger charge is -2.13. The molecule has 1 aliphatic heterocycles. The van der Waals surface area contributed by atoms with E-state index in [0.29, 0.717) is 29.9 Å². The van der Waals surface area contributed by atoms with Gasteiger partial charge >= 0.3 is 6.03 Å². The van der Waals surface area contributed by atoms with Gasteiger partial charge in [0.2, 0.25) is 0 Å². The Labute approximate surface area is 158 Å². The van der Waals surface area contributed by atoms with E-state index in [1.807, 2.05) is 13.8 Å². The van der Waals surface area contributed by atoms with Crippen LogP contribution in [0.2, 0.25) is 0 Å². The Morgan fingerprint density at radius 2 is 2.15 bits per heavy atom. The summed E-state index contributed by atoms with van der Waals surface area (Å²) < 4.78 is 5.65. The first kappa shape index (κ1) is 19.8. The number of amides is 3. The van der Waals surface area contributed by atoms with Crippen LogP contribution in [0.25, 0.3) is 0 Å². The van der Waals surface area contributed by atoms with Gasteiger partial charge in [0, 0.05) is 6.20 Å². The summed E-state index contributed by atoms with van der Waals surface area (Å²) in [5, 5.41) is 11.7. The number of urea groups is 1. The molecule has 140 valence electrons. The molecule has 0 radical (unpaired) electrons. The molecule has 2 rings (SSSR count). The third-order valence-electron chi connectivity index (χ3n) is 4.12. The number of hydrogen-bond acceptors (Lipinski definition) is 5. The van der Waals surface area contributed by atoms with Crippen molar-refractivity contribution in [2.45, 2.75) is 32.7 Å². The van der Waals surface area contributed by atoms with E-state index in [0.717, 1.165) is 10.5 Å². The van der Waals surface area contributed by atoms with Gasteiger partial charge in [0.1, 0.15) is 17.6 Å². The molecule has 3 N–H and O–H groups in total. The van der Waals surface area contributed by atoms with Crippen LogP contribution in [0.5, 0.6) is 5.75 Å². The number of carbonyl (C=O) groups is 2. The van der Waals surface area contributed by atoms with Crippen LogP contribution in [0.3, 0.4) is 0 Å². The van der Waals surface area contributed by atoms with E-state index < -0.39 is 12.1 Å². The molecule has 0 aliphatic carbocycles. The Balaban J connectivity index is 2.10. The average molecular weight is 366 g/mol. The maximum Gasteiger partial charge on any atom is 0.329 e. The van der Waals surface area contributed by atoms with Crippen molar-refractivity contribution in [1.29, 1.82) is 5.26 Å². The standard InChI is InChI=1S/C20H22N4O3/c1-4-14-10-17(9-7-15(14)11-21)27-13(3)6-8-16(12-22)24-19(25)18(5-2)23-20(24)26/h6-10,12,18H,3-5,22H2,1-2H3,(H,23,26)/b8-6-,16-12+/t18-/m1/s1. The zero-order valence-electron chi connectivity index (χ0n) is 15.4. The van der Waals surface area contributed by atoms with E-state index >= 15 is 0 Å². The zero-order chi connectivity index (χ0) is 20.0. The van der Waals surface area contributed by atoms with Crippen LogP contribution in [0, 0.1) is 11.3 Å². The normalized spacial score (nSPS) is 17.1. The van der Waals surface area contributed by atoms with E-state index in [4.69, 9.17) is 15.7 Å². The highest BCUT2D eigenvalue weighted by Crippen LogP contribution is 2.21. The number of hydrogen-bond donors (Lipinski definition) is 2. The number of nitrogens with zero attached hydrogens (tertiary/aromatic N) is 2. The Kier molecular flexibility index (Phi) is 6.39. The van der Waals surface area contributed by atoms with Gasteiger partial charge in [-0.25, -0.2) is 9.69 Å². The Hall–Kier alpha value is -3.53. The van der Waals surface area contributed by atoms with E-state index in [2.05, 4.69) is 18.0 Å². The SMILES string of the molecule is C=C(/C=C\C(=C/N)N1C(=O)N[C@H](CC)C1=O)Oc1ccc(C#N)c(CC)c1. The molecule has 0 saturated carbocycles. The monoisotopic (exact) mass is 366 g/mol. The molecule has 0 unspecified atom stereocenters. The van der Waals surface area contributed by atoms with Crippen LogP contribution in [0.1, 0.15) is 31.4 Å². The van der Waals surface area contributed by atoms with Crippen molar-refractivity contribution in [3.63, 3.8) is 0 Å². The summed E-state index contributed by atoms with van der Waals surface area (Å²) in [6.07, 6.45) is 5.38. The quantitative estimate of drug-likeness (QED) is 0.438. The fourth-order valence-corrected chi connectivity index (χ4v) is 2.66.